The second-order valence-electron chi connectivity index (χ2n) is 7.73. The fourth-order valence-corrected chi connectivity index (χ4v) is 4.00. The van der Waals surface area contributed by atoms with Gasteiger partial charge in [-0.05, 0) is 44.0 Å². The van der Waals surface area contributed by atoms with E-state index in [-0.39, 0.29) is 36.6 Å². The topological polar surface area (TPSA) is 133 Å². The zero-order chi connectivity index (χ0) is 23.6. The first kappa shape index (κ1) is 23.3. The number of benzene rings is 1. The van der Waals surface area contributed by atoms with Gasteiger partial charge in [-0.15, -0.1) is 0 Å². The van der Waals surface area contributed by atoms with Crippen LogP contribution in [0, 0.1) is 11.6 Å². The average Bonchev–Trinajstić information content (AvgIpc) is 2.74. The summed E-state index contributed by atoms with van der Waals surface area (Å²) in [5.74, 6) is -3.72. The van der Waals surface area contributed by atoms with Gasteiger partial charge in [0, 0.05) is 6.54 Å². The van der Waals surface area contributed by atoms with E-state index >= 15 is 0 Å². The molecule has 9 nitrogen and oxygen atoms in total. The summed E-state index contributed by atoms with van der Waals surface area (Å²) in [5.41, 5.74) is 9.75. The average molecular weight is 449 g/mol. The maximum absolute atomic E-state index is 13.6. The number of hydrogen-bond acceptors (Lipinski definition) is 6. The number of anilines is 1. The summed E-state index contributed by atoms with van der Waals surface area (Å²) >= 11 is 0. The summed E-state index contributed by atoms with van der Waals surface area (Å²) in [6, 6.07) is 2.47. The van der Waals surface area contributed by atoms with Gasteiger partial charge in [0.15, 0.2) is 17.4 Å². The van der Waals surface area contributed by atoms with E-state index in [0.717, 1.165) is 34.1 Å². The molecule has 1 aromatic carbocycles. The molecule has 0 spiro atoms. The zero-order valence-electron chi connectivity index (χ0n) is 17.6. The van der Waals surface area contributed by atoms with Crippen LogP contribution in [0.4, 0.5) is 14.6 Å². The molecule has 2 heterocycles. The molecule has 3 rings (SSSR count). The molecule has 1 aliphatic heterocycles. The Labute approximate surface area is 182 Å². The van der Waals surface area contributed by atoms with Crippen molar-refractivity contribution in [3.8, 4) is 0 Å². The van der Waals surface area contributed by atoms with E-state index in [1.54, 1.807) is 11.8 Å². The molecular weight excluding hydrogens is 424 g/mol. The van der Waals surface area contributed by atoms with Gasteiger partial charge in [-0.1, -0.05) is 12.5 Å². The van der Waals surface area contributed by atoms with Crippen molar-refractivity contribution in [2.45, 2.75) is 45.3 Å². The minimum Gasteiger partial charge on any atom is -0.384 e. The molecule has 0 saturated carbocycles. The predicted octanol–water partition coefficient (Wildman–Crippen LogP) is 0.461. The first-order chi connectivity index (χ1) is 15.1. The molecule has 1 atom stereocenters. The molecule has 0 bridgehead atoms. The summed E-state index contributed by atoms with van der Waals surface area (Å²) in [6.45, 7) is 1.46. The van der Waals surface area contributed by atoms with E-state index in [0.29, 0.717) is 13.0 Å². The van der Waals surface area contributed by atoms with Gasteiger partial charge in [-0.2, -0.15) is 0 Å². The third-order valence-electron chi connectivity index (χ3n) is 5.68. The van der Waals surface area contributed by atoms with E-state index < -0.39 is 40.6 Å². The highest BCUT2D eigenvalue weighted by molar-refractivity contribution is 6.01. The number of carbonyl (C=O) groups excluding carboxylic acids is 2. The largest absolute Gasteiger partial charge is 0.384 e. The number of amides is 1. The normalized spacial score (nSPS) is 16.8. The van der Waals surface area contributed by atoms with Gasteiger partial charge in [0.05, 0.1) is 19.1 Å². The van der Waals surface area contributed by atoms with Gasteiger partial charge in [0.2, 0.25) is 5.91 Å². The van der Waals surface area contributed by atoms with Crippen LogP contribution in [0.2, 0.25) is 0 Å². The summed E-state index contributed by atoms with van der Waals surface area (Å²) in [7, 11) is 0. The molecule has 0 radical (unpaired) electrons. The van der Waals surface area contributed by atoms with E-state index in [9.17, 15) is 28.0 Å². The zero-order valence-corrected chi connectivity index (χ0v) is 17.6. The quantitative estimate of drug-likeness (QED) is 0.590. The number of piperidine rings is 1. The number of halogens is 2. The van der Waals surface area contributed by atoms with Gasteiger partial charge < -0.3 is 11.5 Å². The lowest BCUT2D eigenvalue weighted by Crippen LogP contribution is -2.51. The summed E-state index contributed by atoms with van der Waals surface area (Å²) in [6.07, 6.45) is 2.07. The predicted molar refractivity (Wildman–Crippen MR) is 113 cm³/mol. The maximum atomic E-state index is 13.6. The lowest BCUT2D eigenvalue weighted by atomic mass is 10.0. The Morgan fingerprint density at radius 2 is 1.84 bits per heavy atom. The van der Waals surface area contributed by atoms with Crippen molar-refractivity contribution in [2.24, 2.45) is 5.73 Å². The number of primary amides is 1. The van der Waals surface area contributed by atoms with E-state index in [1.165, 1.54) is 6.07 Å². The van der Waals surface area contributed by atoms with Crippen LogP contribution in [0.5, 0.6) is 0 Å². The minimum atomic E-state index is -1.10. The number of Topliss-reactive ketones (excluding diaryl/α,β-unsaturated/α-hetero) is 1. The van der Waals surface area contributed by atoms with Crippen molar-refractivity contribution < 1.29 is 18.4 Å². The Balaban J connectivity index is 2.03. The number of nitrogens with zero attached hydrogens (tertiary/aromatic N) is 3. The van der Waals surface area contributed by atoms with Crippen molar-refractivity contribution in [1.29, 1.82) is 0 Å². The highest BCUT2D eigenvalue weighted by atomic mass is 19.2. The minimum absolute atomic E-state index is 0.0242. The Morgan fingerprint density at radius 3 is 2.47 bits per heavy atom. The van der Waals surface area contributed by atoms with Gasteiger partial charge in [-0.25, -0.2) is 13.6 Å². The third kappa shape index (κ3) is 4.47. The molecule has 11 heteroatoms. The van der Waals surface area contributed by atoms with E-state index in [4.69, 9.17) is 11.5 Å². The van der Waals surface area contributed by atoms with Gasteiger partial charge >= 0.3 is 5.69 Å². The fourth-order valence-electron chi connectivity index (χ4n) is 4.00. The lowest BCUT2D eigenvalue weighted by molar-refractivity contribution is -0.124. The van der Waals surface area contributed by atoms with Gasteiger partial charge in [-0.3, -0.25) is 28.4 Å². The monoisotopic (exact) mass is 449 g/mol. The number of carbonyl (C=O) groups is 2. The summed E-state index contributed by atoms with van der Waals surface area (Å²) in [5, 5.41) is 0. The van der Waals surface area contributed by atoms with Crippen LogP contribution in [0.25, 0.3) is 0 Å². The van der Waals surface area contributed by atoms with Crippen molar-refractivity contribution in [3.63, 3.8) is 0 Å². The van der Waals surface area contributed by atoms with Crippen LogP contribution in [0.1, 0.15) is 42.1 Å². The molecule has 0 aliphatic carbocycles. The second-order valence-corrected chi connectivity index (χ2v) is 7.73. The van der Waals surface area contributed by atoms with Crippen LogP contribution < -0.4 is 22.7 Å². The van der Waals surface area contributed by atoms with Crippen LogP contribution >= 0.6 is 0 Å². The number of hydrogen-bond donors (Lipinski definition) is 2. The molecule has 1 saturated heterocycles. The summed E-state index contributed by atoms with van der Waals surface area (Å²) in [4.78, 5) is 52.1. The highest BCUT2D eigenvalue weighted by Gasteiger charge is 2.31. The maximum Gasteiger partial charge on any atom is 0.332 e. The van der Waals surface area contributed by atoms with Crippen LogP contribution in [0.15, 0.2) is 27.8 Å². The Bertz CT molecular complexity index is 1170. The van der Waals surface area contributed by atoms with Crippen molar-refractivity contribution in [3.05, 3.63) is 61.8 Å². The molecule has 1 fully saturated rings. The van der Waals surface area contributed by atoms with Gasteiger partial charge in [0.25, 0.3) is 5.56 Å². The fraction of sp³-hybridized carbons (Fsp3) is 0.429. The van der Waals surface area contributed by atoms with Crippen molar-refractivity contribution in [2.75, 3.05) is 18.8 Å². The molecule has 4 N–H and O–H groups in total. The summed E-state index contributed by atoms with van der Waals surface area (Å²) < 4.78 is 28.7. The van der Waals surface area contributed by atoms with E-state index in [2.05, 4.69) is 0 Å². The third-order valence-corrected chi connectivity index (χ3v) is 5.68. The van der Waals surface area contributed by atoms with Gasteiger partial charge in [0.1, 0.15) is 11.4 Å². The lowest BCUT2D eigenvalue weighted by Gasteiger charge is -2.33. The number of ketones is 1. The molecule has 2 aromatic rings. The molecule has 1 aliphatic rings. The van der Waals surface area contributed by atoms with Crippen LogP contribution in [0.3, 0.4) is 0 Å². The van der Waals surface area contributed by atoms with E-state index in [1.807, 2.05) is 0 Å². The highest BCUT2D eigenvalue weighted by Crippen LogP contribution is 2.18. The standard InChI is InChI=1S/C21H25F2N5O4/c1-2-27-20(31)17(16(29)11-26-8-4-3-5-15(26)19(25)30)18(24)28(21(27)32)10-12-6-7-13(22)14(23)9-12/h6-7,9,15H,2-5,8,10-11,24H2,1H3,(H2,25,30)/t15-/m1/s1. The molecule has 32 heavy (non-hydrogen) atoms. The molecule has 1 amide bonds. The number of likely N-dealkylation sites (tertiary alicyclic amines) is 1. The smallest absolute Gasteiger partial charge is 0.332 e. The second kappa shape index (κ2) is 9.43. The Kier molecular flexibility index (Phi) is 6.87. The molecule has 1 aromatic heterocycles. The van der Waals surface area contributed by atoms with Crippen LogP contribution in [-0.2, 0) is 17.9 Å². The number of aromatic nitrogens is 2. The Morgan fingerprint density at radius 1 is 1.12 bits per heavy atom. The molecule has 172 valence electrons. The number of rotatable bonds is 7. The number of nitrogen functional groups attached to an aromatic ring is 1. The Hall–Kier alpha value is -3.34. The SMILES string of the molecule is CCn1c(=O)c(C(=O)CN2CCCC[C@@H]2C(N)=O)c(N)n(Cc2ccc(F)c(F)c2)c1=O. The van der Waals surface area contributed by atoms with Crippen molar-refractivity contribution >= 4 is 17.5 Å². The molecular formula is C21H25F2N5O4. The first-order valence-electron chi connectivity index (χ1n) is 10.3. The first-order valence-corrected chi connectivity index (χ1v) is 10.3. The van der Waals surface area contributed by atoms with Crippen LogP contribution in [-0.4, -0.2) is 44.9 Å². The number of nitrogens with two attached hydrogens (primary N) is 2. The molecule has 0 unspecified atom stereocenters. The van der Waals surface area contributed by atoms with Crippen molar-refractivity contribution in [1.82, 2.24) is 14.0 Å².